The Labute approximate surface area is 220 Å². The molecular formula is C32H41NO4. The Morgan fingerprint density at radius 3 is 2.35 bits per heavy atom. The van der Waals surface area contributed by atoms with Crippen LogP contribution in [0.3, 0.4) is 0 Å². The summed E-state index contributed by atoms with van der Waals surface area (Å²) in [6.07, 6.45) is 8.05. The van der Waals surface area contributed by atoms with E-state index < -0.39 is 22.5 Å². The smallest absolute Gasteiger partial charge is 0.237 e. The third-order valence-corrected chi connectivity index (χ3v) is 11.5. The van der Waals surface area contributed by atoms with Gasteiger partial charge in [-0.25, -0.2) is 0 Å². The number of fused-ring (bicyclic) bond motifs is 4. The van der Waals surface area contributed by atoms with E-state index in [1.165, 1.54) is 5.57 Å². The van der Waals surface area contributed by atoms with E-state index in [0.717, 1.165) is 30.4 Å². The summed E-state index contributed by atoms with van der Waals surface area (Å²) in [6, 6.07) is 6.74. The van der Waals surface area contributed by atoms with Crippen LogP contribution in [-0.4, -0.2) is 27.6 Å². The molecule has 37 heavy (non-hydrogen) atoms. The van der Waals surface area contributed by atoms with Gasteiger partial charge in [0.05, 0.1) is 0 Å². The van der Waals surface area contributed by atoms with Gasteiger partial charge in [-0.05, 0) is 73.5 Å². The van der Waals surface area contributed by atoms with E-state index in [1.54, 1.807) is 24.3 Å². The Hall–Kier alpha value is -2.40. The Kier molecular flexibility index (Phi) is 5.11. The molecule has 3 N–H and O–H groups in total. The molecule has 10 atom stereocenters. The van der Waals surface area contributed by atoms with Crippen molar-refractivity contribution in [3.63, 3.8) is 0 Å². The van der Waals surface area contributed by atoms with Gasteiger partial charge >= 0.3 is 0 Å². The number of rotatable bonds is 2. The summed E-state index contributed by atoms with van der Waals surface area (Å²) in [5.41, 5.74) is -0.445. The molecule has 1 aromatic rings. The highest BCUT2D eigenvalue weighted by Gasteiger charge is 2.82. The van der Waals surface area contributed by atoms with Crippen molar-refractivity contribution in [3.8, 4) is 5.75 Å². The number of amides is 1. The fourth-order valence-corrected chi connectivity index (χ4v) is 10.3. The molecule has 0 unspecified atom stereocenters. The van der Waals surface area contributed by atoms with Crippen molar-refractivity contribution in [3.05, 3.63) is 53.1 Å². The lowest BCUT2D eigenvalue weighted by Crippen LogP contribution is -2.57. The molecular weight excluding hydrogens is 462 g/mol. The summed E-state index contributed by atoms with van der Waals surface area (Å²) < 4.78 is 0. The molecule has 5 aliphatic rings. The average molecular weight is 504 g/mol. The van der Waals surface area contributed by atoms with Gasteiger partial charge in [-0.1, -0.05) is 69.5 Å². The molecule has 3 fully saturated rings. The summed E-state index contributed by atoms with van der Waals surface area (Å²) in [4.78, 5) is 29.3. The summed E-state index contributed by atoms with van der Waals surface area (Å²) in [6.45, 7) is 13.1. The van der Waals surface area contributed by atoms with Crippen molar-refractivity contribution in [2.75, 3.05) is 0 Å². The molecule has 198 valence electrons. The van der Waals surface area contributed by atoms with Gasteiger partial charge in [0.2, 0.25) is 5.91 Å². The molecule has 1 spiro atoms. The molecule has 0 bridgehead atoms. The van der Waals surface area contributed by atoms with Crippen LogP contribution in [0.15, 0.2) is 47.6 Å². The first kappa shape index (κ1) is 24.9. The molecule has 6 rings (SSSR count). The summed E-state index contributed by atoms with van der Waals surface area (Å²) in [7, 11) is 0. The number of carbonyl (C=O) groups excluding carboxylic acids is 2. The molecule has 1 amide bonds. The number of ketones is 1. The van der Waals surface area contributed by atoms with Gasteiger partial charge in [0, 0.05) is 23.7 Å². The van der Waals surface area contributed by atoms with Crippen LogP contribution in [-0.2, 0) is 16.0 Å². The maximum absolute atomic E-state index is 15.0. The van der Waals surface area contributed by atoms with E-state index in [-0.39, 0.29) is 52.9 Å². The molecule has 1 aliphatic heterocycles. The lowest BCUT2D eigenvalue weighted by atomic mass is 9.48. The third kappa shape index (κ3) is 2.95. The van der Waals surface area contributed by atoms with Crippen LogP contribution < -0.4 is 5.32 Å². The predicted molar refractivity (Wildman–Crippen MR) is 142 cm³/mol. The fraction of sp³-hybridized carbons (Fsp3) is 0.625. The first-order valence-corrected chi connectivity index (χ1v) is 14.0. The molecule has 0 radical (unpaired) electrons. The van der Waals surface area contributed by atoms with Gasteiger partial charge in [0.1, 0.15) is 16.9 Å². The van der Waals surface area contributed by atoms with E-state index >= 15 is 0 Å². The van der Waals surface area contributed by atoms with E-state index in [9.17, 15) is 19.8 Å². The number of aromatic hydroxyl groups is 1. The highest BCUT2D eigenvalue weighted by molar-refractivity contribution is 6.13. The zero-order chi connectivity index (χ0) is 26.7. The molecule has 5 nitrogen and oxygen atoms in total. The Morgan fingerprint density at radius 1 is 1.00 bits per heavy atom. The second kappa shape index (κ2) is 7.59. The lowest BCUT2D eigenvalue weighted by Gasteiger charge is -2.53. The van der Waals surface area contributed by atoms with Gasteiger partial charge in [-0.2, -0.15) is 0 Å². The van der Waals surface area contributed by atoms with Gasteiger partial charge in [0.25, 0.3) is 0 Å². The Bertz CT molecular complexity index is 1250. The second-order valence-electron chi connectivity index (χ2n) is 13.7. The Balaban J connectivity index is 1.54. The topological polar surface area (TPSA) is 86.6 Å². The van der Waals surface area contributed by atoms with Gasteiger partial charge in [-0.3, -0.25) is 9.59 Å². The van der Waals surface area contributed by atoms with Crippen LogP contribution >= 0.6 is 0 Å². The second-order valence-corrected chi connectivity index (χ2v) is 13.7. The first-order chi connectivity index (χ1) is 17.3. The van der Waals surface area contributed by atoms with Crippen LogP contribution in [0.25, 0.3) is 0 Å². The number of aliphatic hydroxyl groups is 1. The highest BCUT2D eigenvalue weighted by atomic mass is 16.3. The van der Waals surface area contributed by atoms with Crippen molar-refractivity contribution in [2.45, 2.75) is 73.0 Å². The molecule has 2 saturated carbocycles. The van der Waals surface area contributed by atoms with Gasteiger partial charge in [-0.15, -0.1) is 0 Å². The summed E-state index contributed by atoms with van der Waals surface area (Å²) in [5, 5.41) is 25.0. The molecule has 4 aliphatic carbocycles. The quantitative estimate of drug-likeness (QED) is 0.384. The normalized spacial score (nSPS) is 48.3. The average Bonchev–Trinajstić information content (AvgIpc) is 3.16. The van der Waals surface area contributed by atoms with E-state index in [1.807, 2.05) is 0 Å². The zero-order valence-electron chi connectivity index (χ0n) is 23.0. The fourth-order valence-electron chi connectivity index (χ4n) is 10.3. The van der Waals surface area contributed by atoms with E-state index in [4.69, 9.17) is 0 Å². The Morgan fingerprint density at radius 2 is 1.68 bits per heavy atom. The van der Waals surface area contributed by atoms with Crippen molar-refractivity contribution < 1.29 is 19.8 Å². The van der Waals surface area contributed by atoms with Crippen molar-refractivity contribution in [1.82, 2.24) is 5.32 Å². The van der Waals surface area contributed by atoms with Gasteiger partial charge < -0.3 is 15.5 Å². The number of allylic oxidation sites excluding steroid dienone is 4. The SMILES string of the molecule is CC1=C[C@]2(C)[C@@H]3C(C)=C[C@]4(C)C[C@@H](C)CC[C@H]4[C@@H]3C(=O)[C@@]23C(=O)N[C@@](O)(Cc2ccc(O)cc2)[C@@H]3[C@@H]1C. The number of Topliss-reactive ketones (excluding diaryl/α,β-unsaturated/α-hetero) is 1. The van der Waals surface area contributed by atoms with Crippen LogP contribution in [0.1, 0.15) is 66.4 Å². The van der Waals surface area contributed by atoms with Crippen LogP contribution in [0, 0.1) is 51.8 Å². The largest absolute Gasteiger partial charge is 0.508 e. The lowest BCUT2D eigenvalue weighted by molar-refractivity contribution is -0.151. The van der Waals surface area contributed by atoms with Crippen LogP contribution in [0.4, 0.5) is 0 Å². The minimum absolute atomic E-state index is 0.0433. The number of nitrogens with one attached hydrogen (secondary N) is 1. The number of carbonyl (C=O) groups is 2. The van der Waals surface area contributed by atoms with Crippen molar-refractivity contribution in [2.24, 2.45) is 51.8 Å². The maximum atomic E-state index is 15.0. The van der Waals surface area contributed by atoms with Crippen molar-refractivity contribution >= 4 is 11.7 Å². The summed E-state index contributed by atoms with van der Waals surface area (Å²) in [5.74, 6) is -0.241. The third-order valence-electron chi connectivity index (χ3n) is 11.5. The molecule has 0 aromatic heterocycles. The number of phenols is 1. The van der Waals surface area contributed by atoms with Crippen LogP contribution in [0.2, 0.25) is 0 Å². The number of benzene rings is 1. The summed E-state index contributed by atoms with van der Waals surface area (Å²) >= 11 is 0. The minimum atomic E-state index is -1.56. The minimum Gasteiger partial charge on any atom is -0.508 e. The van der Waals surface area contributed by atoms with Crippen LogP contribution in [0.5, 0.6) is 5.75 Å². The van der Waals surface area contributed by atoms with Crippen molar-refractivity contribution in [1.29, 1.82) is 0 Å². The van der Waals surface area contributed by atoms with E-state index in [2.05, 4.69) is 59.0 Å². The highest BCUT2D eigenvalue weighted by Crippen LogP contribution is 2.74. The molecule has 1 aromatic carbocycles. The standard InChI is InChI=1S/C32H41NO4/c1-17-7-12-23-24-25(19(3)14-29(23,5)13-17)30(6)15-18(2)20(4)26-31(37,16-21-8-10-22(34)11-9-21)33-28(36)32(26,30)27(24)35/h8-11,14-15,17,20,23-26,34,37H,7,12-13,16H2,1-6H3,(H,33,36)/t17-,20+,23-,24-,25+,26-,29-,30+,31+,32-/m0/s1. The molecule has 1 heterocycles. The number of hydrogen-bond acceptors (Lipinski definition) is 4. The number of phenolic OH excluding ortho intramolecular Hbond substituents is 1. The first-order valence-electron chi connectivity index (χ1n) is 14.0. The monoisotopic (exact) mass is 503 g/mol. The zero-order valence-corrected chi connectivity index (χ0v) is 23.0. The van der Waals surface area contributed by atoms with Gasteiger partial charge in [0.15, 0.2) is 5.78 Å². The maximum Gasteiger partial charge on any atom is 0.237 e. The predicted octanol–water partition coefficient (Wildman–Crippen LogP) is 5.18. The molecule has 5 heteroatoms. The van der Waals surface area contributed by atoms with E-state index in [0.29, 0.717) is 5.92 Å². The molecule has 1 saturated heterocycles. The number of hydrogen-bond donors (Lipinski definition) is 3.